The summed E-state index contributed by atoms with van der Waals surface area (Å²) in [6, 6.07) is 8.91. The number of benzene rings is 1. The standard InChI is InChI=1S/C27H32Cl2F2N4O2/c1-33(2)25(36)22-6-7-23(32-24(22)29)34-12-8-18(9-13-34)16-19-10-14-35(15-11-19)26(37)27(30,31)20-4-3-5-21(28)17-20/h3-7,17-19H,8-16H2,1-2H3. The second kappa shape index (κ2) is 11.5. The van der Waals surface area contributed by atoms with Crippen molar-refractivity contribution in [2.45, 2.75) is 38.0 Å². The number of pyridine rings is 1. The van der Waals surface area contributed by atoms with Gasteiger partial charge < -0.3 is 14.7 Å². The molecule has 4 rings (SSSR count). The van der Waals surface area contributed by atoms with Crippen LogP contribution in [0.2, 0.25) is 10.2 Å². The van der Waals surface area contributed by atoms with Gasteiger partial charge in [0.25, 0.3) is 11.8 Å². The first-order chi connectivity index (χ1) is 17.6. The number of anilines is 1. The molecule has 6 nitrogen and oxygen atoms in total. The fourth-order valence-electron chi connectivity index (χ4n) is 5.25. The van der Waals surface area contributed by atoms with Crippen molar-refractivity contribution in [1.29, 1.82) is 0 Å². The second-order valence-corrected chi connectivity index (χ2v) is 11.0. The Balaban J connectivity index is 1.25. The van der Waals surface area contributed by atoms with Gasteiger partial charge in [-0.25, -0.2) is 4.98 Å². The quantitative estimate of drug-likeness (QED) is 0.429. The Labute approximate surface area is 226 Å². The lowest BCUT2D eigenvalue weighted by Gasteiger charge is -2.38. The van der Waals surface area contributed by atoms with Crippen molar-refractivity contribution in [2.75, 3.05) is 45.2 Å². The number of alkyl halides is 2. The van der Waals surface area contributed by atoms with Crippen molar-refractivity contribution < 1.29 is 18.4 Å². The van der Waals surface area contributed by atoms with Crippen LogP contribution < -0.4 is 4.90 Å². The molecule has 2 aliphatic heterocycles. The van der Waals surface area contributed by atoms with Gasteiger partial charge in [0.2, 0.25) is 0 Å². The predicted octanol–water partition coefficient (Wildman–Crippen LogP) is 5.73. The minimum atomic E-state index is -3.58. The van der Waals surface area contributed by atoms with Crippen LogP contribution in [0.25, 0.3) is 0 Å². The first kappa shape index (κ1) is 27.6. The van der Waals surface area contributed by atoms with Gasteiger partial charge in [0, 0.05) is 50.9 Å². The SMILES string of the molecule is CN(C)C(=O)c1ccc(N2CCC(CC3CCN(C(=O)C(F)(F)c4cccc(Cl)c4)CC3)CC2)nc1Cl. The van der Waals surface area contributed by atoms with E-state index in [2.05, 4.69) is 9.88 Å². The van der Waals surface area contributed by atoms with E-state index in [1.54, 1.807) is 20.2 Å². The number of aromatic nitrogens is 1. The van der Waals surface area contributed by atoms with E-state index >= 15 is 0 Å². The molecule has 3 heterocycles. The van der Waals surface area contributed by atoms with Gasteiger partial charge in [-0.1, -0.05) is 35.3 Å². The average Bonchev–Trinajstić information content (AvgIpc) is 2.88. The van der Waals surface area contributed by atoms with Gasteiger partial charge in [0.15, 0.2) is 0 Å². The lowest BCUT2D eigenvalue weighted by molar-refractivity contribution is -0.160. The van der Waals surface area contributed by atoms with Crippen molar-refractivity contribution in [3.05, 3.63) is 57.7 Å². The summed E-state index contributed by atoms with van der Waals surface area (Å²) >= 11 is 12.1. The molecule has 1 aromatic heterocycles. The van der Waals surface area contributed by atoms with Crippen molar-refractivity contribution in [2.24, 2.45) is 11.8 Å². The molecule has 0 saturated carbocycles. The maximum absolute atomic E-state index is 14.8. The molecule has 0 atom stereocenters. The molecule has 200 valence electrons. The van der Waals surface area contributed by atoms with Gasteiger partial charge in [0.1, 0.15) is 11.0 Å². The van der Waals surface area contributed by atoms with E-state index in [4.69, 9.17) is 23.2 Å². The zero-order valence-electron chi connectivity index (χ0n) is 21.1. The summed E-state index contributed by atoms with van der Waals surface area (Å²) in [6.07, 6.45) is 4.50. The van der Waals surface area contributed by atoms with E-state index in [1.807, 2.05) is 6.07 Å². The Morgan fingerprint density at radius 1 is 1.00 bits per heavy atom. The fourth-order valence-corrected chi connectivity index (χ4v) is 5.67. The topological polar surface area (TPSA) is 56.8 Å². The van der Waals surface area contributed by atoms with E-state index in [0.717, 1.165) is 57.1 Å². The number of hydrogen-bond acceptors (Lipinski definition) is 4. The number of piperidine rings is 2. The normalized spacial score (nSPS) is 17.7. The lowest BCUT2D eigenvalue weighted by Crippen LogP contribution is -2.46. The third kappa shape index (κ3) is 6.34. The maximum atomic E-state index is 14.8. The summed E-state index contributed by atoms with van der Waals surface area (Å²) in [6.45, 7) is 2.38. The predicted molar refractivity (Wildman–Crippen MR) is 141 cm³/mol. The van der Waals surface area contributed by atoms with Crippen molar-refractivity contribution in [1.82, 2.24) is 14.8 Å². The van der Waals surface area contributed by atoms with Crippen LogP contribution in [-0.4, -0.2) is 66.9 Å². The highest BCUT2D eigenvalue weighted by Gasteiger charge is 2.44. The summed E-state index contributed by atoms with van der Waals surface area (Å²) in [5.41, 5.74) is 0.0223. The van der Waals surface area contributed by atoms with Crippen LogP contribution in [0.1, 0.15) is 48.0 Å². The summed E-state index contributed by atoms with van der Waals surface area (Å²) in [5.74, 6) is -3.17. The molecule has 37 heavy (non-hydrogen) atoms. The molecule has 0 aliphatic carbocycles. The van der Waals surface area contributed by atoms with E-state index in [1.165, 1.54) is 28.0 Å². The van der Waals surface area contributed by atoms with Gasteiger partial charge >= 0.3 is 5.92 Å². The molecule has 2 saturated heterocycles. The second-order valence-electron chi connectivity index (χ2n) is 10.2. The average molecular weight is 553 g/mol. The van der Waals surface area contributed by atoms with Crippen LogP contribution in [0, 0.1) is 11.8 Å². The molecule has 0 unspecified atom stereocenters. The van der Waals surface area contributed by atoms with Crippen LogP contribution in [0.15, 0.2) is 36.4 Å². The van der Waals surface area contributed by atoms with E-state index < -0.39 is 11.8 Å². The third-order valence-corrected chi connectivity index (χ3v) is 7.96. The van der Waals surface area contributed by atoms with Crippen LogP contribution in [0.3, 0.4) is 0 Å². The molecule has 2 aromatic rings. The monoisotopic (exact) mass is 552 g/mol. The van der Waals surface area contributed by atoms with Crippen LogP contribution >= 0.6 is 23.2 Å². The maximum Gasteiger partial charge on any atom is 0.350 e. The number of hydrogen-bond donors (Lipinski definition) is 0. The highest BCUT2D eigenvalue weighted by atomic mass is 35.5. The Morgan fingerprint density at radius 2 is 1.62 bits per heavy atom. The van der Waals surface area contributed by atoms with Gasteiger partial charge in [-0.15, -0.1) is 0 Å². The minimum Gasteiger partial charge on any atom is -0.357 e. The van der Waals surface area contributed by atoms with Gasteiger partial charge in [-0.2, -0.15) is 8.78 Å². The zero-order valence-corrected chi connectivity index (χ0v) is 22.6. The molecular weight excluding hydrogens is 521 g/mol. The van der Waals surface area contributed by atoms with Gasteiger partial charge in [-0.3, -0.25) is 9.59 Å². The van der Waals surface area contributed by atoms with E-state index in [0.29, 0.717) is 30.5 Å². The summed E-state index contributed by atoms with van der Waals surface area (Å²) in [7, 11) is 3.35. The number of amides is 2. The summed E-state index contributed by atoms with van der Waals surface area (Å²) in [4.78, 5) is 34.2. The molecule has 0 spiro atoms. The molecule has 0 radical (unpaired) electrons. The smallest absolute Gasteiger partial charge is 0.350 e. The van der Waals surface area contributed by atoms with Crippen molar-refractivity contribution >= 4 is 40.8 Å². The number of nitrogens with zero attached hydrogens (tertiary/aromatic N) is 4. The van der Waals surface area contributed by atoms with Crippen LogP contribution in [-0.2, 0) is 10.7 Å². The van der Waals surface area contributed by atoms with Crippen LogP contribution in [0.5, 0.6) is 0 Å². The highest BCUT2D eigenvalue weighted by Crippen LogP contribution is 2.35. The Bertz CT molecular complexity index is 1130. The number of carbonyl (C=O) groups is 2. The Hall–Kier alpha value is -2.45. The Morgan fingerprint density at radius 3 is 2.19 bits per heavy atom. The van der Waals surface area contributed by atoms with Gasteiger partial charge in [0.05, 0.1) is 5.56 Å². The Kier molecular flexibility index (Phi) is 8.59. The zero-order chi connectivity index (χ0) is 26.7. The lowest BCUT2D eigenvalue weighted by atomic mass is 9.82. The third-order valence-electron chi connectivity index (χ3n) is 7.43. The fraction of sp³-hybridized carbons (Fsp3) is 0.519. The molecule has 0 bridgehead atoms. The molecule has 2 amide bonds. The minimum absolute atomic E-state index is 0.177. The van der Waals surface area contributed by atoms with E-state index in [9.17, 15) is 18.4 Å². The summed E-state index contributed by atoms with van der Waals surface area (Å²) < 4.78 is 29.6. The summed E-state index contributed by atoms with van der Waals surface area (Å²) in [5, 5.41) is 0.394. The molecule has 0 N–H and O–H groups in total. The highest BCUT2D eigenvalue weighted by molar-refractivity contribution is 6.32. The van der Waals surface area contributed by atoms with Crippen molar-refractivity contribution in [3.8, 4) is 0 Å². The largest absolute Gasteiger partial charge is 0.357 e. The molecule has 1 aromatic carbocycles. The number of likely N-dealkylation sites (tertiary alicyclic amines) is 1. The van der Waals surface area contributed by atoms with Crippen molar-refractivity contribution in [3.63, 3.8) is 0 Å². The number of rotatable bonds is 6. The first-order valence-electron chi connectivity index (χ1n) is 12.6. The molecular formula is C27H32Cl2F2N4O2. The number of halogens is 4. The number of carbonyl (C=O) groups excluding carboxylic acids is 2. The first-order valence-corrected chi connectivity index (χ1v) is 13.4. The molecule has 10 heteroatoms. The molecule has 2 aliphatic rings. The van der Waals surface area contributed by atoms with E-state index in [-0.39, 0.29) is 21.6 Å². The molecule has 2 fully saturated rings. The van der Waals surface area contributed by atoms with Gasteiger partial charge in [-0.05, 0) is 68.2 Å². The van der Waals surface area contributed by atoms with Crippen LogP contribution in [0.4, 0.5) is 14.6 Å².